The predicted molar refractivity (Wildman–Crippen MR) is 127 cm³/mol. The van der Waals surface area contributed by atoms with Crippen molar-refractivity contribution in [3.63, 3.8) is 0 Å². The van der Waals surface area contributed by atoms with Crippen LogP contribution in [0, 0.1) is 0 Å². The molecule has 0 saturated heterocycles. The number of ether oxygens (including phenoxy) is 1. The Morgan fingerprint density at radius 3 is 2.16 bits per heavy atom. The number of carboxylic acid groups (broad SMARTS) is 1. The summed E-state index contributed by atoms with van der Waals surface area (Å²) in [7, 11) is 1.48. The number of thiophene rings is 1. The summed E-state index contributed by atoms with van der Waals surface area (Å²) in [6.07, 6.45) is -0.228. The Balaban J connectivity index is 1.67. The van der Waals surface area contributed by atoms with E-state index < -0.39 is 5.97 Å². The van der Waals surface area contributed by atoms with E-state index in [4.69, 9.17) is 4.74 Å². The van der Waals surface area contributed by atoms with Crippen molar-refractivity contribution in [1.29, 1.82) is 0 Å². The predicted octanol–water partition coefficient (Wildman–Crippen LogP) is 5.97. The van der Waals surface area contributed by atoms with Gasteiger partial charge in [-0.1, -0.05) is 66.7 Å². The van der Waals surface area contributed by atoms with Crippen LogP contribution in [0.3, 0.4) is 0 Å². The number of nitrogens with one attached hydrogen (secondary N) is 1. The molecule has 3 aromatic carbocycles. The van der Waals surface area contributed by atoms with E-state index in [1.807, 2.05) is 72.8 Å². The molecule has 0 aliphatic carbocycles. The van der Waals surface area contributed by atoms with Gasteiger partial charge in [0.2, 0.25) is 0 Å². The van der Waals surface area contributed by atoms with E-state index in [1.54, 1.807) is 12.1 Å². The Morgan fingerprint density at radius 2 is 1.53 bits per heavy atom. The minimum Gasteiger partial charge on any atom is -0.494 e. The molecule has 1 aromatic heterocycles. The molecule has 0 unspecified atom stereocenters. The SMILES string of the molecule is COc1c(NC(=O)c2ccc(-c3ccccc3)s2)ccc(-c2ccccc2)c1CC(=O)O. The molecule has 0 atom stereocenters. The number of benzene rings is 3. The summed E-state index contributed by atoms with van der Waals surface area (Å²) in [6, 6.07) is 26.6. The lowest BCUT2D eigenvalue weighted by Crippen LogP contribution is -2.13. The van der Waals surface area contributed by atoms with Crippen LogP contribution in [0.5, 0.6) is 5.75 Å². The van der Waals surface area contributed by atoms with E-state index in [2.05, 4.69) is 5.32 Å². The average Bonchev–Trinajstić information content (AvgIpc) is 3.31. The van der Waals surface area contributed by atoms with E-state index >= 15 is 0 Å². The number of carbonyl (C=O) groups is 2. The van der Waals surface area contributed by atoms with Gasteiger partial charge < -0.3 is 15.2 Å². The van der Waals surface area contributed by atoms with Crippen molar-refractivity contribution in [1.82, 2.24) is 0 Å². The van der Waals surface area contributed by atoms with Gasteiger partial charge in [0.05, 0.1) is 24.1 Å². The minimum atomic E-state index is -0.977. The third-order valence-corrected chi connectivity index (χ3v) is 6.15. The maximum Gasteiger partial charge on any atom is 0.307 e. The van der Waals surface area contributed by atoms with Crippen LogP contribution in [0.4, 0.5) is 5.69 Å². The zero-order valence-corrected chi connectivity index (χ0v) is 18.2. The molecule has 32 heavy (non-hydrogen) atoms. The number of anilines is 1. The number of amides is 1. The van der Waals surface area contributed by atoms with Gasteiger partial charge in [-0.25, -0.2) is 0 Å². The fourth-order valence-electron chi connectivity index (χ4n) is 3.58. The summed E-state index contributed by atoms with van der Waals surface area (Å²) in [5.41, 5.74) is 3.63. The second-order valence-corrected chi connectivity index (χ2v) is 8.18. The smallest absolute Gasteiger partial charge is 0.307 e. The molecule has 0 fully saturated rings. The van der Waals surface area contributed by atoms with Crippen LogP contribution in [0.15, 0.2) is 84.9 Å². The summed E-state index contributed by atoms with van der Waals surface area (Å²) >= 11 is 1.39. The lowest BCUT2D eigenvalue weighted by Gasteiger charge is -2.17. The first kappa shape index (κ1) is 21.3. The molecule has 6 heteroatoms. The van der Waals surface area contributed by atoms with Crippen LogP contribution in [0.1, 0.15) is 15.2 Å². The van der Waals surface area contributed by atoms with Crippen molar-refractivity contribution in [2.75, 3.05) is 12.4 Å². The quantitative estimate of drug-likeness (QED) is 0.369. The molecule has 160 valence electrons. The Kier molecular flexibility index (Phi) is 6.33. The molecular formula is C26H21NO4S. The maximum absolute atomic E-state index is 12.9. The zero-order chi connectivity index (χ0) is 22.5. The summed E-state index contributed by atoms with van der Waals surface area (Å²) in [5, 5.41) is 12.4. The highest BCUT2D eigenvalue weighted by molar-refractivity contribution is 7.17. The van der Waals surface area contributed by atoms with Crippen molar-refractivity contribution in [3.05, 3.63) is 95.4 Å². The van der Waals surface area contributed by atoms with Crippen LogP contribution in [-0.4, -0.2) is 24.1 Å². The minimum absolute atomic E-state index is 0.228. The van der Waals surface area contributed by atoms with Crippen LogP contribution < -0.4 is 10.1 Å². The van der Waals surface area contributed by atoms with E-state index in [9.17, 15) is 14.7 Å². The van der Waals surface area contributed by atoms with Crippen LogP contribution >= 0.6 is 11.3 Å². The monoisotopic (exact) mass is 443 g/mol. The molecule has 0 radical (unpaired) electrons. The first-order chi connectivity index (χ1) is 15.6. The number of carboxylic acids is 1. The average molecular weight is 444 g/mol. The molecule has 0 saturated carbocycles. The highest BCUT2D eigenvalue weighted by atomic mass is 32.1. The number of hydrogen-bond acceptors (Lipinski definition) is 4. The number of rotatable bonds is 7. The van der Waals surface area contributed by atoms with Crippen molar-refractivity contribution in [2.24, 2.45) is 0 Å². The number of carbonyl (C=O) groups excluding carboxylic acids is 1. The third kappa shape index (κ3) is 4.55. The Morgan fingerprint density at radius 1 is 0.875 bits per heavy atom. The van der Waals surface area contributed by atoms with Crippen LogP contribution in [-0.2, 0) is 11.2 Å². The maximum atomic E-state index is 12.9. The fourth-order valence-corrected chi connectivity index (χ4v) is 4.48. The molecular weight excluding hydrogens is 422 g/mol. The van der Waals surface area contributed by atoms with Crippen LogP contribution in [0.2, 0.25) is 0 Å². The zero-order valence-electron chi connectivity index (χ0n) is 17.4. The third-order valence-electron chi connectivity index (χ3n) is 5.01. The van der Waals surface area contributed by atoms with Gasteiger partial charge in [-0.15, -0.1) is 11.3 Å². The molecule has 0 spiro atoms. The highest BCUT2D eigenvalue weighted by Crippen LogP contribution is 2.38. The van der Waals surface area contributed by atoms with E-state index in [-0.39, 0.29) is 12.3 Å². The van der Waals surface area contributed by atoms with Gasteiger partial charge in [-0.3, -0.25) is 9.59 Å². The Labute approximate surface area is 189 Å². The second kappa shape index (κ2) is 9.49. The van der Waals surface area contributed by atoms with E-state index in [0.717, 1.165) is 21.6 Å². The van der Waals surface area contributed by atoms with Crippen molar-refractivity contribution >= 4 is 28.9 Å². The van der Waals surface area contributed by atoms with Gasteiger partial charge in [0, 0.05) is 10.4 Å². The van der Waals surface area contributed by atoms with E-state index in [0.29, 0.717) is 21.9 Å². The van der Waals surface area contributed by atoms with Crippen molar-refractivity contribution in [3.8, 4) is 27.3 Å². The second-order valence-electron chi connectivity index (χ2n) is 7.09. The topological polar surface area (TPSA) is 75.6 Å². The Hall–Kier alpha value is -3.90. The number of hydrogen-bond donors (Lipinski definition) is 2. The lowest BCUT2D eigenvalue weighted by atomic mass is 9.95. The Bertz CT molecular complexity index is 1250. The van der Waals surface area contributed by atoms with Gasteiger partial charge in [0.25, 0.3) is 5.91 Å². The van der Waals surface area contributed by atoms with Gasteiger partial charge in [0.15, 0.2) is 0 Å². The van der Waals surface area contributed by atoms with Crippen molar-refractivity contribution < 1.29 is 19.4 Å². The first-order valence-corrected chi connectivity index (χ1v) is 10.8. The van der Waals surface area contributed by atoms with Gasteiger partial charge in [-0.2, -0.15) is 0 Å². The number of aliphatic carboxylic acids is 1. The van der Waals surface area contributed by atoms with Gasteiger partial charge >= 0.3 is 5.97 Å². The molecule has 0 aliphatic rings. The summed E-state index contributed by atoms with van der Waals surface area (Å²) in [5.74, 6) is -0.902. The standard InChI is InChI=1S/C26H21NO4S/c1-31-25-20(16-24(28)29)19(17-8-4-2-5-9-17)12-13-21(25)27-26(30)23-15-14-22(32-23)18-10-6-3-7-11-18/h2-15H,16H2,1H3,(H,27,30)(H,28,29). The van der Waals surface area contributed by atoms with Gasteiger partial charge in [0.1, 0.15) is 5.75 Å². The molecule has 2 N–H and O–H groups in total. The van der Waals surface area contributed by atoms with Gasteiger partial charge in [-0.05, 0) is 34.9 Å². The molecule has 1 amide bonds. The summed E-state index contributed by atoms with van der Waals surface area (Å²) < 4.78 is 5.58. The first-order valence-electron chi connectivity index (χ1n) is 10.0. The molecule has 5 nitrogen and oxygen atoms in total. The number of methoxy groups -OCH3 is 1. The van der Waals surface area contributed by atoms with E-state index in [1.165, 1.54) is 18.4 Å². The molecule has 0 aliphatic heterocycles. The largest absolute Gasteiger partial charge is 0.494 e. The highest BCUT2D eigenvalue weighted by Gasteiger charge is 2.20. The normalized spacial score (nSPS) is 10.5. The van der Waals surface area contributed by atoms with Crippen LogP contribution in [0.25, 0.3) is 21.6 Å². The summed E-state index contributed by atoms with van der Waals surface area (Å²) in [6.45, 7) is 0. The summed E-state index contributed by atoms with van der Waals surface area (Å²) in [4.78, 5) is 26.1. The molecule has 4 rings (SSSR count). The lowest BCUT2D eigenvalue weighted by molar-refractivity contribution is -0.136. The molecule has 4 aromatic rings. The molecule has 1 heterocycles. The molecule has 0 bridgehead atoms. The van der Waals surface area contributed by atoms with Crippen molar-refractivity contribution in [2.45, 2.75) is 6.42 Å². The fraction of sp³-hybridized carbons (Fsp3) is 0.0769.